The van der Waals surface area contributed by atoms with E-state index in [1.807, 2.05) is 17.0 Å². The molecule has 0 aliphatic carbocycles. The van der Waals surface area contributed by atoms with Crippen LogP contribution in [0.2, 0.25) is 0 Å². The third kappa shape index (κ3) is 2.93. The van der Waals surface area contributed by atoms with Gasteiger partial charge < -0.3 is 10.2 Å². The van der Waals surface area contributed by atoms with E-state index in [1.165, 1.54) is 11.1 Å². The first-order chi connectivity index (χ1) is 10.6. The van der Waals surface area contributed by atoms with E-state index in [0.29, 0.717) is 11.5 Å². The first-order valence-electron chi connectivity index (χ1n) is 7.60. The van der Waals surface area contributed by atoms with Crippen LogP contribution in [0.5, 0.6) is 0 Å². The van der Waals surface area contributed by atoms with Crippen molar-refractivity contribution >= 4 is 17.5 Å². The van der Waals surface area contributed by atoms with Gasteiger partial charge in [0.05, 0.1) is 5.56 Å². The number of rotatable bonds is 3. The largest absolute Gasteiger partial charge is 0.339 e. The van der Waals surface area contributed by atoms with Gasteiger partial charge in [0.25, 0.3) is 5.91 Å². The molecule has 0 bridgehead atoms. The van der Waals surface area contributed by atoms with Crippen LogP contribution in [0.25, 0.3) is 0 Å². The number of likely N-dealkylation sites (tertiary alicyclic amines) is 1. The number of aryl methyl sites for hydroxylation is 1. The summed E-state index contributed by atoms with van der Waals surface area (Å²) in [5.41, 5.74) is 3.92. The summed E-state index contributed by atoms with van der Waals surface area (Å²) in [4.78, 5) is 22.6. The Morgan fingerprint density at radius 3 is 2.50 bits per heavy atom. The third-order valence-electron chi connectivity index (χ3n) is 4.14. The Hall–Kier alpha value is -2.43. The molecule has 1 fully saturated rings. The van der Waals surface area contributed by atoms with Crippen LogP contribution in [0.4, 0.5) is 11.6 Å². The first-order valence-corrected chi connectivity index (χ1v) is 7.60. The maximum absolute atomic E-state index is 12.2. The molecular weight excluding hydrogens is 276 g/mol. The molecule has 0 radical (unpaired) electrons. The van der Waals surface area contributed by atoms with Gasteiger partial charge in [0.2, 0.25) is 5.95 Å². The van der Waals surface area contributed by atoms with Gasteiger partial charge in [0, 0.05) is 31.2 Å². The summed E-state index contributed by atoms with van der Waals surface area (Å²) in [6.07, 6.45) is 5.36. The molecule has 0 unspecified atom stereocenters. The molecule has 5 heteroatoms. The summed E-state index contributed by atoms with van der Waals surface area (Å²) >= 11 is 0. The fourth-order valence-corrected chi connectivity index (χ4v) is 2.61. The smallest absolute Gasteiger partial charge is 0.256 e. The van der Waals surface area contributed by atoms with Crippen LogP contribution in [0.3, 0.4) is 0 Å². The van der Waals surface area contributed by atoms with Crippen molar-refractivity contribution in [3.63, 3.8) is 0 Å². The normalized spacial score (nSPS) is 14.2. The van der Waals surface area contributed by atoms with Gasteiger partial charge in [-0.25, -0.2) is 9.97 Å². The zero-order valence-corrected chi connectivity index (χ0v) is 13.0. The lowest BCUT2D eigenvalue weighted by molar-refractivity contribution is 0.0792. The van der Waals surface area contributed by atoms with E-state index in [4.69, 9.17) is 0 Å². The number of hydrogen-bond donors (Lipinski definition) is 1. The molecule has 1 aliphatic heterocycles. The molecule has 0 spiro atoms. The highest BCUT2D eigenvalue weighted by molar-refractivity contribution is 5.93. The van der Waals surface area contributed by atoms with Gasteiger partial charge in [-0.15, -0.1) is 0 Å². The quantitative estimate of drug-likeness (QED) is 0.945. The van der Waals surface area contributed by atoms with E-state index in [0.717, 1.165) is 31.6 Å². The number of hydrogen-bond acceptors (Lipinski definition) is 4. The molecule has 1 N–H and O–H groups in total. The number of amides is 1. The molecule has 0 atom stereocenters. The molecule has 1 saturated heterocycles. The summed E-state index contributed by atoms with van der Waals surface area (Å²) in [5.74, 6) is 0.530. The number of nitrogens with one attached hydrogen (secondary N) is 1. The van der Waals surface area contributed by atoms with Crippen molar-refractivity contribution in [3.8, 4) is 0 Å². The number of anilines is 2. The van der Waals surface area contributed by atoms with Gasteiger partial charge in [-0.2, -0.15) is 0 Å². The van der Waals surface area contributed by atoms with E-state index in [9.17, 15) is 4.79 Å². The highest BCUT2D eigenvalue weighted by Crippen LogP contribution is 2.21. The monoisotopic (exact) mass is 296 g/mol. The number of carbonyl (C=O) groups is 1. The highest BCUT2D eigenvalue weighted by atomic mass is 16.2. The molecule has 1 aliphatic rings. The third-order valence-corrected chi connectivity index (χ3v) is 4.14. The van der Waals surface area contributed by atoms with Crippen molar-refractivity contribution in [2.45, 2.75) is 26.7 Å². The minimum absolute atomic E-state index is 0.0239. The maximum atomic E-state index is 12.2. The Bertz CT molecular complexity index is 676. The van der Waals surface area contributed by atoms with Crippen molar-refractivity contribution in [3.05, 3.63) is 47.3 Å². The number of benzene rings is 1. The van der Waals surface area contributed by atoms with E-state index < -0.39 is 0 Å². The Labute approximate surface area is 130 Å². The van der Waals surface area contributed by atoms with Crippen molar-refractivity contribution in [2.24, 2.45) is 0 Å². The molecule has 1 aromatic carbocycles. The Morgan fingerprint density at radius 2 is 1.82 bits per heavy atom. The zero-order chi connectivity index (χ0) is 15.5. The van der Waals surface area contributed by atoms with Crippen LogP contribution in [0, 0.1) is 13.8 Å². The molecule has 2 aromatic rings. The number of nitrogens with zero attached hydrogens (tertiary/aromatic N) is 3. The standard InChI is InChI=1S/C17H20N4O/c1-12-6-5-7-15(13(12)2)20-17-18-10-14(11-19-17)16(22)21-8-3-4-9-21/h5-7,10-11H,3-4,8-9H2,1-2H3,(H,18,19,20). The summed E-state index contributed by atoms with van der Waals surface area (Å²) < 4.78 is 0. The van der Waals surface area contributed by atoms with Crippen LogP contribution in [-0.2, 0) is 0 Å². The molecule has 1 amide bonds. The molecule has 22 heavy (non-hydrogen) atoms. The van der Waals surface area contributed by atoms with Gasteiger partial charge in [0.1, 0.15) is 0 Å². The Kier molecular flexibility index (Phi) is 4.04. The molecule has 2 heterocycles. The zero-order valence-electron chi connectivity index (χ0n) is 13.0. The maximum Gasteiger partial charge on any atom is 0.256 e. The van der Waals surface area contributed by atoms with E-state index in [2.05, 4.69) is 35.2 Å². The lowest BCUT2D eigenvalue weighted by Gasteiger charge is -2.15. The van der Waals surface area contributed by atoms with Crippen molar-refractivity contribution < 1.29 is 4.79 Å². The predicted octanol–water partition coefficient (Wildman–Crippen LogP) is 3.07. The highest BCUT2D eigenvalue weighted by Gasteiger charge is 2.20. The van der Waals surface area contributed by atoms with Crippen LogP contribution in [0.15, 0.2) is 30.6 Å². The first kappa shape index (κ1) is 14.5. The van der Waals surface area contributed by atoms with Crippen LogP contribution >= 0.6 is 0 Å². The van der Waals surface area contributed by atoms with Crippen molar-refractivity contribution in [1.82, 2.24) is 14.9 Å². The SMILES string of the molecule is Cc1cccc(Nc2ncc(C(=O)N3CCCC3)cn2)c1C. The van der Waals surface area contributed by atoms with Gasteiger partial charge in [0.15, 0.2) is 0 Å². The molecule has 1 aromatic heterocycles. The van der Waals surface area contributed by atoms with Gasteiger partial charge in [-0.1, -0.05) is 12.1 Å². The molecular formula is C17H20N4O. The lowest BCUT2D eigenvalue weighted by atomic mass is 10.1. The molecule has 0 saturated carbocycles. The molecule has 3 rings (SSSR count). The van der Waals surface area contributed by atoms with Gasteiger partial charge in [-0.05, 0) is 43.9 Å². The van der Waals surface area contributed by atoms with Crippen LogP contribution in [0.1, 0.15) is 34.3 Å². The number of carbonyl (C=O) groups excluding carboxylic acids is 1. The summed E-state index contributed by atoms with van der Waals surface area (Å²) in [7, 11) is 0. The van der Waals surface area contributed by atoms with Crippen LogP contribution in [-0.4, -0.2) is 33.9 Å². The summed E-state index contributed by atoms with van der Waals surface area (Å²) in [6.45, 7) is 5.80. The van der Waals surface area contributed by atoms with E-state index in [-0.39, 0.29) is 5.91 Å². The van der Waals surface area contributed by atoms with E-state index >= 15 is 0 Å². The second-order valence-corrected chi connectivity index (χ2v) is 5.67. The minimum Gasteiger partial charge on any atom is -0.339 e. The van der Waals surface area contributed by atoms with E-state index in [1.54, 1.807) is 12.4 Å². The average Bonchev–Trinajstić information content (AvgIpc) is 3.06. The molecule has 114 valence electrons. The van der Waals surface area contributed by atoms with Crippen molar-refractivity contribution in [1.29, 1.82) is 0 Å². The van der Waals surface area contributed by atoms with Crippen LogP contribution < -0.4 is 5.32 Å². The van der Waals surface area contributed by atoms with Crippen molar-refractivity contribution in [2.75, 3.05) is 18.4 Å². The fraction of sp³-hybridized carbons (Fsp3) is 0.353. The Morgan fingerprint density at radius 1 is 1.14 bits per heavy atom. The second-order valence-electron chi connectivity index (χ2n) is 5.67. The van der Waals surface area contributed by atoms with Gasteiger partial charge in [-0.3, -0.25) is 4.79 Å². The predicted molar refractivity (Wildman–Crippen MR) is 86.4 cm³/mol. The summed E-state index contributed by atoms with van der Waals surface area (Å²) in [5, 5.41) is 3.20. The van der Waals surface area contributed by atoms with Gasteiger partial charge >= 0.3 is 0 Å². The lowest BCUT2D eigenvalue weighted by Crippen LogP contribution is -2.27. The minimum atomic E-state index is 0.0239. The molecule has 5 nitrogen and oxygen atoms in total. The number of aromatic nitrogens is 2. The average molecular weight is 296 g/mol. The topological polar surface area (TPSA) is 58.1 Å². The Balaban J connectivity index is 1.74. The fourth-order valence-electron chi connectivity index (χ4n) is 2.61. The summed E-state index contributed by atoms with van der Waals surface area (Å²) in [6, 6.07) is 6.06. The second kappa shape index (κ2) is 6.13.